The van der Waals surface area contributed by atoms with Gasteiger partial charge in [0.25, 0.3) is 0 Å². The molecule has 0 saturated heterocycles. The zero-order valence-corrected chi connectivity index (χ0v) is 13.5. The molecule has 0 radical (unpaired) electrons. The van der Waals surface area contributed by atoms with Crippen LogP contribution in [0.1, 0.15) is 18.3 Å². The Bertz CT molecular complexity index is 565. The molecule has 1 unspecified atom stereocenters. The number of likely N-dealkylation sites (N-methyl/N-ethyl adjacent to an activating group) is 1. The van der Waals surface area contributed by atoms with E-state index in [0.717, 1.165) is 29.4 Å². The van der Waals surface area contributed by atoms with Gasteiger partial charge in [-0.15, -0.1) is 0 Å². The zero-order chi connectivity index (χ0) is 15.2. The maximum Gasteiger partial charge on any atom is 0.119 e. The van der Waals surface area contributed by atoms with Gasteiger partial charge in [-0.1, -0.05) is 18.5 Å². The second kappa shape index (κ2) is 7.48. The Balaban J connectivity index is 1.95. The van der Waals surface area contributed by atoms with Crippen LogP contribution >= 0.6 is 11.6 Å². The standard InChI is InChI=1S/C16H22ClN3O/c1-4-18-14(10-15-9-12(2)19-20(15)3)11-21-16-7-5-13(17)6-8-16/h5-9,14,18H,4,10-11H2,1-3H3. The quantitative estimate of drug-likeness (QED) is 0.855. The van der Waals surface area contributed by atoms with Gasteiger partial charge in [-0.3, -0.25) is 4.68 Å². The van der Waals surface area contributed by atoms with Crippen LogP contribution in [-0.4, -0.2) is 29.0 Å². The fourth-order valence-corrected chi connectivity index (χ4v) is 2.44. The van der Waals surface area contributed by atoms with E-state index in [9.17, 15) is 0 Å². The van der Waals surface area contributed by atoms with Crippen molar-refractivity contribution >= 4 is 11.6 Å². The van der Waals surface area contributed by atoms with Crippen molar-refractivity contribution in [3.05, 3.63) is 46.7 Å². The summed E-state index contributed by atoms with van der Waals surface area (Å²) in [6.07, 6.45) is 0.888. The van der Waals surface area contributed by atoms with E-state index < -0.39 is 0 Å². The van der Waals surface area contributed by atoms with Crippen LogP contribution in [0.4, 0.5) is 0 Å². The Morgan fingerprint density at radius 3 is 2.62 bits per heavy atom. The molecule has 0 spiro atoms. The maximum atomic E-state index is 5.87. The summed E-state index contributed by atoms with van der Waals surface area (Å²) in [5.41, 5.74) is 2.25. The average molecular weight is 308 g/mol. The predicted octanol–water partition coefficient (Wildman–Crippen LogP) is 2.98. The number of ether oxygens (including phenoxy) is 1. The molecule has 0 aliphatic carbocycles. The number of hydrogen-bond donors (Lipinski definition) is 1. The van der Waals surface area contributed by atoms with E-state index in [2.05, 4.69) is 23.4 Å². The Morgan fingerprint density at radius 2 is 2.05 bits per heavy atom. The number of aromatic nitrogens is 2. The first-order valence-corrected chi connectivity index (χ1v) is 7.57. The number of halogens is 1. The lowest BCUT2D eigenvalue weighted by atomic mass is 10.1. The molecule has 0 aliphatic heterocycles. The second-order valence-corrected chi connectivity index (χ2v) is 5.56. The van der Waals surface area contributed by atoms with Gasteiger partial charge in [0, 0.05) is 30.2 Å². The molecule has 0 aliphatic rings. The van der Waals surface area contributed by atoms with Gasteiger partial charge in [0.15, 0.2) is 0 Å². The van der Waals surface area contributed by atoms with Crippen molar-refractivity contribution in [1.82, 2.24) is 15.1 Å². The zero-order valence-electron chi connectivity index (χ0n) is 12.8. The Hall–Kier alpha value is -1.52. The molecule has 5 heteroatoms. The number of aryl methyl sites for hydroxylation is 2. The third kappa shape index (κ3) is 4.76. The Labute approximate surface area is 131 Å². The summed E-state index contributed by atoms with van der Waals surface area (Å²) in [5.74, 6) is 0.837. The summed E-state index contributed by atoms with van der Waals surface area (Å²) in [6.45, 7) is 5.63. The number of rotatable bonds is 7. The lowest BCUT2D eigenvalue weighted by molar-refractivity contribution is 0.263. The van der Waals surface area contributed by atoms with Crippen LogP contribution in [0.25, 0.3) is 0 Å². The van der Waals surface area contributed by atoms with Crippen LogP contribution in [0.5, 0.6) is 5.75 Å². The van der Waals surface area contributed by atoms with Crippen molar-refractivity contribution in [2.24, 2.45) is 7.05 Å². The van der Waals surface area contributed by atoms with E-state index in [1.54, 1.807) is 0 Å². The molecule has 0 bridgehead atoms. The van der Waals surface area contributed by atoms with Gasteiger partial charge in [0.05, 0.1) is 5.69 Å². The van der Waals surface area contributed by atoms with E-state index in [1.165, 1.54) is 5.69 Å². The first-order valence-electron chi connectivity index (χ1n) is 7.19. The van der Waals surface area contributed by atoms with Gasteiger partial charge in [-0.25, -0.2) is 0 Å². The van der Waals surface area contributed by atoms with Crippen LogP contribution in [0.2, 0.25) is 5.02 Å². The highest BCUT2D eigenvalue weighted by atomic mass is 35.5. The SMILES string of the molecule is CCNC(COc1ccc(Cl)cc1)Cc1cc(C)nn1C. The summed E-state index contributed by atoms with van der Waals surface area (Å²) in [7, 11) is 1.98. The number of nitrogens with one attached hydrogen (secondary N) is 1. The molecule has 1 aromatic heterocycles. The van der Waals surface area contributed by atoms with E-state index in [0.29, 0.717) is 6.61 Å². The molecule has 1 aromatic carbocycles. The third-order valence-corrected chi connectivity index (χ3v) is 3.56. The van der Waals surface area contributed by atoms with Gasteiger partial charge in [-0.05, 0) is 43.8 Å². The van der Waals surface area contributed by atoms with Gasteiger partial charge < -0.3 is 10.1 Å². The van der Waals surface area contributed by atoms with Gasteiger partial charge in [0.1, 0.15) is 12.4 Å². The van der Waals surface area contributed by atoms with Crippen molar-refractivity contribution in [3.8, 4) is 5.75 Å². The highest BCUT2D eigenvalue weighted by Crippen LogP contribution is 2.16. The normalized spacial score (nSPS) is 12.4. The van der Waals surface area contributed by atoms with Gasteiger partial charge in [-0.2, -0.15) is 5.10 Å². The van der Waals surface area contributed by atoms with Crippen molar-refractivity contribution in [2.45, 2.75) is 26.3 Å². The lowest BCUT2D eigenvalue weighted by Gasteiger charge is -2.18. The minimum atomic E-state index is 0.250. The fraction of sp³-hybridized carbons (Fsp3) is 0.438. The van der Waals surface area contributed by atoms with Crippen LogP contribution < -0.4 is 10.1 Å². The highest BCUT2D eigenvalue weighted by molar-refractivity contribution is 6.30. The molecule has 1 atom stereocenters. The fourth-order valence-electron chi connectivity index (χ4n) is 2.31. The van der Waals surface area contributed by atoms with E-state index >= 15 is 0 Å². The Morgan fingerprint density at radius 1 is 1.33 bits per heavy atom. The summed E-state index contributed by atoms with van der Waals surface area (Å²) >= 11 is 5.87. The molecule has 1 heterocycles. The van der Waals surface area contributed by atoms with Crippen molar-refractivity contribution in [3.63, 3.8) is 0 Å². The molecule has 1 N–H and O–H groups in total. The first kappa shape index (κ1) is 15.9. The minimum absolute atomic E-state index is 0.250. The lowest BCUT2D eigenvalue weighted by Crippen LogP contribution is -2.37. The number of nitrogens with zero attached hydrogens (tertiary/aromatic N) is 2. The second-order valence-electron chi connectivity index (χ2n) is 5.12. The average Bonchev–Trinajstić information content (AvgIpc) is 2.76. The monoisotopic (exact) mass is 307 g/mol. The van der Waals surface area contributed by atoms with Crippen molar-refractivity contribution in [1.29, 1.82) is 0 Å². The molecule has 114 valence electrons. The topological polar surface area (TPSA) is 39.1 Å². The number of benzene rings is 1. The molecule has 2 aromatic rings. The molecular weight excluding hydrogens is 286 g/mol. The summed E-state index contributed by atoms with van der Waals surface area (Å²) in [6, 6.07) is 9.82. The summed E-state index contributed by atoms with van der Waals surface area (Å²) < 4.78 is 7.78. The summed E-state index contributed by atoms with van der Waals surface area (Å²) in [4.78, 5) is 0. The Kier molecular flexibility index (Phi) is 5.65. The van der Waals surface area contributed by atoms with E-state index in [-0.39, 0.29) is 6.04 Å². The third-order valence-electron chi connectivity index (χ3n) is 3.31. The molecule has 21 heavy (non-hydrogen) atoms. The largest absolute Gasteiger partial charge is 0.492 e. The molecule has 0 amide bonds. The molecule has 0 fully saturated rings. The van der Waals surface area contributed by atoms with Crippen LogP contribution in [0, 0.1) is 6.92 Å². The van der Waals surface area contributed by atoms with Gasteiger partial charge in [0.2, 0.25) is 0 Å². The summed E-state index contributed by atoms with van der Waals surface area (Å²) in [5, 5.41) is 8.56. The van der Waals surface area contributed by atoms with Crippen LogP contribution in [-0.2, 0) is 13.5 Å². The van der Waals surface area contributed by atoms with Crippen LogP contribution in [0.3, 0.4) is 0 Å². The molecule has 4 nitrogen and oxygen atoms in total. The molecule has 2 rings (SSSR count). The van der Waals surface area contributed by atoms with E-state index in [4.69, 9.17) is 16.3 Å². The smallest absolute Gasteiger partial charge is 0.119 e. The highest BCUT2D eigenvalue weighted by Gasteiger charge is 2.12. The minimum Gasteiger partial charge on any atom is -0.492 e. The van der Waals surface area contributed by atoms with Gasteiger partial charge >= 0.3 is 0 Å². The first-order chi connectivity index (χ1) is 10.1. The number of hydrogen-bond acceptors (Lipinski definition) is 3. The van der Waals surface area contributed by atoms with Crippen molar-refractivity contribution < 1.29 is 4.74 Å². The maximum absolute atomic E-state index is 5.87. The molecular formula is C16H22ClN3O. The molecule has 0 saturated carbocycles. The van der Waals surface area contributed by atoms with E-state index in [1.807, 2.05) is 42.9 Å². The predicted molar refractivity (Wildman–Crippen MR) is 86.1 cm³/mol. The van der Waals surface area contributed by atoms with Crippen LogP contribution in [0.15, 0.2) is 30.3 Å². The van der Waals surface area contributed by atoms with Crippen molar-refractivity contribution in [2.75, 3.05) is 13.2 Å².